The predicted octanol–water partition coefficient (Wildman–Crippen LogP) is 3.18. The number of anilines is 1. The van der Waals surface area contributed by atoms with Gasteiger partial charge in [-0.3, -0.25) is 0 Å². The maximum absolute atomic E-state index is 6.08. The summed E-state index contributed by atoms with van der Waals surface area (Å²) in [6.07, 6.45) is 2.38. The third-order valence-electron chi connectivity index (χ3n) is 3.70. The lowest BCUT2D eigenvalue weighted by Crippen LogP contribution is -2.24. The van der Waals surface area contributed by atoms with E-state index >= 15 is 0 Å². The maximum atomic E-state index is 6.08. The molecular formula is C14H19NOS. The SMILES string of the molecule is CC1(COc2cccc3c2CCN3)CCSC1. The normalized spacial score (nSPS) is 26.6. The van der Waals surface area contributed by atoms with Gasteiger partial charge in [0.15, 0.2) is 0 Å². The van der Waals surface area contributed by atoms with Gasteiger partial charge in [-0.25, -0.2) is 0 Å². The first-order chi connectivity index (χ1) is 8.27. The van der Waals surface area contributed by atoms with E-state index in [1.165, 1.54) is 29.2 Å². The third-order valence-corrected chi connectivity index (χ3v) is 5.09. The van der Waals surface area contributed by atoms with Gasteiger partial charge in [-0.15, -0.1) is 0 Å². The lowest BCUT2D eigenvalue weighted by molar-refractivity contribution is 0.185. The van der Waals surface area contributed by atoms with E-state index in [9.17, 15) is 0 Å². The Morgan fingerprint density at radius 1 is 1.47 bits per heavy atom. The van der Waals surface area contributed by atoms with E-state index in [0.717, 1.165) is 25.3 Å². The molecule has 2 aliphatic heterocycles. The van der Waals surface area contributed by atoms with E-state index in [-0.39, 0.29) is 0 Å². The first-order valence-electron chi connectivity index (χ1n) is 6.33. The minimum atomic E-state index is 0.374. The lowest BCUT2D eigenvalue weighted by Gasteiger charge is -2.23. The predicted molar refractivity (Wildman–Crippen MR) is 74.2 cm³/mol. The molecule has 0 radical (unpaired) electrons. The molecule has 3 rings (SSSR count). The highest BCUT2D eigenvalue weighted by Crippen LogP contribution is 2.37. The van der Waals surface area contributed by atoms with E-state index in [2.05, 4.69) is 30.4 Å². The van der Waals surface area contributed by atoms with Crippen LogP contribution in [0.4, 0.5) is 5.69 Å². The smallest absolute Gasteiger partial charge is 0.124 e. The number of hydrogen-bond acceptors (Lipinski definition) is 3. The van der Waals surface area contributed by atoms with Crippen molar-refractivity contribution in [3.8, 4) is 5.75 Å². The molecule has 0 spiro atoms. The molecule has 1 aromatic rings. The van der Waals surface area contributed by atoms with Crippen LogP contribution in [-0.2, 0) is 6.42 Å². The van der Waals surface area contributed by atoms with Crippen LogP contribution in [0.2, 0.25) is 0 Å². The summed E-state index contributed by atoms with van der Waals surface area (Å²) in [4.78, 5) is 0. The molecule has 92 valence electrons. The zero-order valence-electron chi connectivity index (χ0n) is 10.3. The van der Waals surface area contributed by atoms with Crippen molar-refractivity contribution >= 4 is 17.4 Å². The fourth-order valence-corrected chi connectivity index (χ4v) is 4.02. The number of hydrogen-bond donors (Lipinski definition) is 1. The van der Waals surface area contributed by atoms with Gasteiger partial charge in [-0.05, 0) is 30.7 Å². The van der Waals surface area contributed by atoms with Gasteiger partial charge >= 0.3 is 0 Å². The molecular weight excluding hydrogens is 230 g/mol. The highest BCUT2D eigenvalue weighted by atomic mass is 32.2. The van der Waals surface area contributed by atoms with Gasteiger partial charge in [-0.1, -0.05) is 13.0 Å². The highest BCUT2D eigenvalue weighted by molar-refractivity contribution is 7.99. The molecule has 1 N–H and O–H groups in total. The Kier molecular flexibility index (Phi) is 2.95. The Labute approximate surface area is 107 Å². The Bertz CT molecular complexity index is 413. The summed E-state index contributed by atoms with van der Waals surface area (Å²) in [6, 6.07) is 6.33. The van der Waals surface area contributed by atoms with Crippen LogP contribution in [0.1, 0.15) is 18.9 Å². The molecule has 3 heteroatoms. The summed E-state index contributed by atoms with van der Waals surface area (Å²) in [7, 11) is 0. The van der Waals surface area contributed by atoms with Crippen LogP contribution in [0.25, 0.3) is 0 Å². The second-order valence-corrected chi connectivity index (χ2v) is 6.47. The summed E-state index contributed by atoms with van der Waals surface area (Å²) in [5.74, 6) is 3.61. The largest absolute Gasteiger partial charge is 0.493 e. The molecule has 1 fully saturated rings. The number of ether oxygens (including phenoxy) is 1. The Morgan fingerprint density at radius 2 is 2.41 bits per heavy atom. The van der Waals surface area contributed by atoms with Crippen LogP contribution in [0.3, 0.4) is 0 Å². The molecule has 1 saturated heterocycles. The van der Waals surface area contributed by atoms with E-state index in [4.69, 9.17) is 4.74 Å². The van der Waals surface area contributed by atoms with Gasteiger partial charge in [-0.2, -0.15) is 11.8 Å². The summed E-state index contributed by atoms with van der Waals surface area (Å²) in [5, 5.41) is 3.39. The highest BCUT2D eigenvalue weighted by Gasteiger charge is 2.30. The van der Waals surface area contributed by atoms with Crippen LogP contribution in [0, 0.1) is 5.41 Å². The molecule has 0 bridgehead atoms. The molecule has 2 aliphatic rings. The molecule has 2 heterocycles. The van der Waals surface area contributed by atoms with Gasteiger partial charge in [0.05, 0.1) is 6.61 Å². The Balaban J connectivity index is 1.71. The standard InChI is InChI=1S/C14H19NOS/c1-14(6-8-17-10-14)9-16-13-4-2-3-12-11(13)5-7-15-12/h2-4,15H,5-10H2,1H3. The number of benzene rings is 1. The first-order valence-corrected chi connectivity index (χ1v) is 7.49. The summed E-state index contributed by atoms with van der Waals surface area (Å²) < 4.78 is 6.08. The van der Waals surface area contributed by atoms with E-state index in [0.29, 0.717) is 5.41 Å². The first kappa shape index (κ1) is 11.3. The van der Waals surface area contributed by atoms with Crippen LogP contribution >= 0.6 is 11.8 Å². The number of fused-ring (bicyclic) bond motifs is 1. The minimum Gasteiger partial charge on any atom is -0.493 e. The molecule has 0 amide bonds. The fourth-order valence-electron chi connectivity index (χ4n) is 2.52. The Morgan fingerprint density at radius 3 is 3.24 bits per heavy atom. The zero-order valence-corrected chi connectivity index (χ0v) is 11.1. The maximum Gasteiger partial charge on any atom is 0.124 e. The van der Waals surface area contributed by atoms with Gasteiger partial charge in [0.2, 0.25) is 0 Å². The van der Waals surface area contributed by atoms with Crippen molar-refractivity contribution in [2.75, 3.05) is 30.0 Å². The zero-order chi connectivity index (χ0) is 11.7. The molecule has 0 aromatic heterocycles. The topological polar surface area (TPSA) is 21.3 Å². The monoisotopic (exact) mass is 249 g/mol. The van der Waals surface area contributed by atoms with Crippen LogP contribution in [0.15, 0.2) is 18.2 Å². The van der Waals surface area contributed by atoms with Crippen LogP contribution in [-0.4, -0.2) is 24.7 Å². The fraction of sp³-hybridized carbons (Fsp3) is 0.571. The van der Waals surface area contributed by atoms with Crippen molar-refractivity contribution in [1.82, 2.24) is 0 Å². The van der Waals surface area contributed by atoms with Crippen molar-refractivity contribution < 1.29 is 4.74 Å². The average molecular weight is 249 g/mol. The molecule has 1 aromatic carbocycles. The van der Waals surface area contributed by atoms with Crippen LogP contribution < -0.4 is 10.1 Å². The number of thioether (sulfide) groups is 1. The molecule has 17 heavy (non-hydrogen) atoms. The summed E-state index contributed by atoms with van der Waals surface area (Å²) >= 11 is 2.05. The molecule has 0 saturated carbocycles. The quantitative estimate of drug-likeness (QED) is 0.889. The van der Waals surface area contributed by atoms with Gasteiger partial charge in [0.1, 0.15) is 5.75 Å². The van der Waals surface area contributed by atoms with Crippen molar-refractivity contribution in [3.05, 3.63) is 23.8 Å². The molecule has 0 aliphatic carbocycles. The van der Waals surface area contributed by atoms with Gasteiger partial charge < -0.3 is 10.1 Å². The Hall–Kier alpha value is -0.830. The van der Waals surface area contributed by atoms with E-state index in [1.807, 2.05) is 11.8 Å². The average Bonchev–Trinajstić information content (AvgIpc) is 2.95. The lowest BCUT2D eigenvalue weighted by atomic mass is 9.91. The molecule has 2 nitrogen and oxygen atoms in total. The second-order valence-electron chi connectivity index (χ2n) is 5.36. The number of rotatable bonds is 3. The van der Waals surface area contributed by atoms with Crippen molar-refractivity contribution in [2.45, 2.75) is 19.8 Å². The minimum absolute atomic E-state index is 0.374. The summed E-state index contributed by atoms with van der Waals surface area (Å²) in [6.45, 7) is 4.24. The van der Waals surface area contributed by atoms with Gasteiger partial charge in [0, 0.05) is 29.0 Å². The third kappa shape index (κ3) is 2.25. The van der Waals surface area contributed by atoms with Crippen molar-refractivity contribution in [1.29, 1.82) is 0 Å². The van der Waals surface area contributed by atoms with Crippen LogP contribution in [0.5, 0.6) is 5.75 Å². The van der Waals surface area contributed by atoms with Crippen molar-refractivity contribution in [2.24, 2.45) is 5.41 Å². The number of nitrogens with one attached hydrogen (secondary N) is 1. The van der Waals surface area contributed by atoms with E-state index in [1.54, 1.807) is 0 Å². The molecule has 1 unspecified atom stereocenters. The van der Waals surface area contributed by atoms with E-state index < -0.39 is 0 Å². The van der Waals surface area contributed by atoms with Gasteiger partial charge in [0.25, 0.3) is 0 Å². The van der Waals surface area contributed by atoms with Crippen molar-refractivity contribution in [3.63, 3.8) is 0 Å². The summed E-state index contributed by atoms with van der Waals surface area (Å²) in [5.41, 5.74) is 2.99. The second kappa shape index (κ2) is 4.45. The molecule has 1 atom stereocenters.